The first-order valence-electron chi connectivity index (χ1n) is 8.60. The lowest BCUT2D eigenvalue weighted by Gasteiger charge is -2.03. The maximum Gasteiger partial charge on any atom is 0.348 e. The molecule has 0 spiro atoms. The number of nitrogens with one attached hydrogen (secondary N) is 2. The number of para-hydroxylation sites is 1. The van der Waals surface area contributed by atoms with Crippen molar-refractivity contribution in [3.63, 3.8) is 0 Å². The maximum absolute atomic E-state index is 12.4. The molecule has 6 nitrogen and oxygen atoms in total. The molecule has 0 radical (unpaired) electrons. The number of ether oxygens (including phenoxy) is 1. The van der Waals surface area contributed by atoms with E-state index in [0.717, 1.165) is 27.8 Å². The monoisotopic (exact) mass is 381 g/mol. The minimum atomic E-state index is -0.476. The van der Waals surface area contributed by atoms with Crippen LogP contribution in [0.5, 0.6) is 0 Å². The molecule has 1 amide bonds. The largest absolute Gasteiger partial charge is 0.462 e. The summed E-state index contributed by atoms with van der Waals surface area (Å²) in [5.74, 6) is -0.677. The first-order chi connectivity index (χ1) is 13.0. The number of nitrogens with zero attached hydrogens (tertiary/aromatic N) is 1. The number of aryl methyl sites for hydroxylation is 1. The maximum atomic E-state index is 12.4. The molecule has 3 aromatic rings. The Labute approximate surface area is 160 Å². The second kappa shape index (κ2) is 8.06. The van der Waals surface area contributed by atoms with Gasteiger partial charge in [-0.25, -0.2) is 4.79 Å². The molecular weight excluding hydrogens is 362 g/mol. The number of benzene rings is 1. The van der Waals surface area contributed by atoms with Crippen LogP contribution in [0.2, 0.25) is 0 Å². The number of carbonyl (C=O) groups excluding carboxylic acids is 2. The van der Waals surface area contributed by atoms with Crippen molar-refractivity contribution >= 4 is 39.1 Å². The molecule has 0 saturated heterocycles. The standard InChI is InChI=1S/C20H19N3O3S/c1-3-26-20(25)18-12(2)15(10-21)19(27-18)23-17(24)9-8-13-11-22-16-7-5-4-6-14(13)16/h4-7,11,22H,3,8-9H2,1-2H3,(H,23,24). The van der Waals surface area contributed by atoms with Crippen molar-refractivity contribution in [2.45, 2.75) is 26.7 Å². The fourth-order valence-corrected chi connectivity index (χ4v) is 3.97. The predicted molar refractivity (Wildman–Crippen MR) is 105 cm³/mol. The SMILES string of the molecule is CCOC(=O)c1sc(NC(=O)CCc2c[nH]c3ccccc23)c(C#N)c1C. The van der Waals surface area contributed by atoms with E-state index >= 15 is 0 Å². The average Bonchev–Trinajstić information content (AvgIpc) is 3.21. The number of fused-ring (bicyclic) bond motifs is 1. The van der Waals surface area contributed by atoms with Gasteiger partial charge in [-0.2, -0.15) is 5.26 Å². The van der Waals surface area contributed by atoms with Gasteiger partial charge in [-0.1, -0.05) is 18.2 Å². The highest BCUT2D eigenvalue weighted by atomic mass is 32.1. The summed E-state index contributed by atoms with van der Waals surface area (Å²) in [6.45, 7) is 3.66. The minimum Gasteiger partial charge on any atom is -0.462 e. The molecule has 7 heteroatoms. The number of aromatic nitrogens is 1. The fraction of sp³-hybridized carbons (Fsp3) is 0.250. The van der Waals surface area contributed by atoms with Gasteiger partial charge >= 0.3 is 5.97 Å². The van der Waals surface area contributed by atoms with Crippen LogP contribution in [0.4, 0.5) is 5.00 Å². The zero-order chi connectivity index (χ0) is 19.4. The Hall–Kier alpha value is -3.11. The molecule has 0 aliphatic carbocycles. The topological polar surface area (TPSA) is 95.0 Å². The molecule has 1 aromatic carbocycles. The molecule has 0 saturated carbocycles. The highest BCUT2D eigenvalue weighted by molar-refractivity contribution is 7.18. The van der Waals surface area contributed by atoms with E-state index in [1.165, 1.54) is 0 Å². The summed E-state index contributed by atoms with van der Waals surface area (Å²) in [6.07, 6.45) is 2.76. The van der Waals surface area contributed by atoms with Crippen LogP contribution in [-0.4, -0.2) is 23.5 Å². The molecule has 0 atom stereocenters. The number of rotatable bonds is 6. The summed E-state index contributed by atoms with van der Waals surface area (Å²) in [5, 5.41) is 13.6. The van der Waals surface area contributed by atoms with Gasteiger partial charge in [-0.3, -0.25) is 4.79 Å². The van der Waals surface area contributed by atoms with Crippen molar-refractivity contribution < 1.29 is 14.3 Å². The first-order valence-corrected chi connectivity index (χ1v) is 9.42. The second-order valence-corrected chi connectivity index (χ2v) is 7.02. The lowest BCUT2D eigenvalue weighted by molar-refractivity contribution is -0.116. The van der Waals surface area contributed by atoms with Crippen LogP contribution in [-0.2, 0) is 16.0 Å². The predicted octanol–water partition coefficient (Wildman–Crippen LogP) is 4.16. The Kier molecular flexibility index (Phi) is 5.57. The number of anilines is 1. The summed E-state index contributed by atoms with van der Waals surface area (Å²) < 4.78 is 5.01. The zero-order valence-corrected chi connectivity index (χ0v) is 15.9. The molecule has 27 heavy (non-hydrogen) atoms. The number of aromatic amines is 1. The van der Waals surface area contributed by atoms with Crippen LogP contribution in [0.3, 0.4) is 0 Å². The molecule has 2 heterocycles. The van der Waals surface area contributed by atoms with Crippen LogP contribution in [0.1, 0.15) is 39.7 Å². The Morgan fingerprint density at radius 2 is 2.11 bits per heavy atom. The fourth-order valence-electron chi connectivity index (χ4n) is 2.90. The van der Waals surface area contributed by atoms with Gasteiger partial charge in [0.15, 0.2) is 0 Å². The summed E-state index contributed by atoms with van der Waals surface area (Å²) in [6, 6.07) is 9.99. The van der Waals surface area contributed by atoms with Gasteiger partial charge in [0.05, 0.1) is 12.2 Å². The molecule has 0 aliphatic heterocycles. The first kappa shape index (κ1) is 18.7. The Bertz CT molecular complexity index is 1040. The number of esters is 1. The normalized spacial score (nSPS) is 10.6. The van der Waals surface area contributed by atoms with Crippen LogP contribution in [0, 0.1) is 18.3 Å². The number of H-pyrrole nitrogens is 1. The molecule has 0 aliphatic rings. The van der Waals surface area contributed by atoms with Crippen molar-refractivity contribution in [1.29, 1.82) is 5.26 Å². The Balaban J connectivity index is 1.71. The molecule has 2 N–H and O–H groups in total. The number of hydrogen-bond acceptors (Lipinski definition) is 5. The number of thiophene rings is 1. The third-order valence-electron chi connectivity index (χ3n) is 4.27. The van der Waals surface area contributed by atoms with E-state index < -0.39 is 5.97 Å². The van der Waals surface area contributed by atoms with Gasteiger partial charge in [-0.05, 0) is 37.5 Å². The van der Waals surface area contributed by atoms with Crippen molar-refractivity contribution in [1.82, 2.24) is 4.98 Å². The van der Waals surface area contributed by atoms with E-state index in [-0.39, 0.29) is 18.9 Å². The molecule has 0 fully saturated rings. The van der Waals surface area contributed by atoms with E-state index in [0.29, 0.717) is 27.4 Å². The van der Waals surface area contributed by atoms with E-state index in [1.54, 1.807) is 13.8 Å². The molecule has 2 aromatic heterocycles. The Morgan fingerprint density at radius 1 is 1.33 bits per heavy atom. The number of carbonyl (C=O) groups is 2. The van der Waals surface area contributed by atoms with Gasteiger partial charge < -0.3 is 15.0 Å². The smallest absolute Gasteiger partial charge is 0.348 e. The van der Waals surface area contributed by atoms with Gasteiger partial charge in [0.1, 0.15) is 15.9 Å². The summed E-state index contributed by atoms with van der Waals surface area (Å²) in [5.41, 5.74) is 2.94. The van der Waals surface area contributed by atoms with Crippen molar-refractivity contribution in [2.24, 2.45) is 0 Å². The highest BCUT2D eigenvalue weighted by Gasteiger charge is 2.22. The highest BCUT2D eigenvalue weighted by Crippen LogP contribution is 2.33. The molecule has 138 valence electrons. The van der Waals surface area contributed by atoms with Gasteiger partial charge in [0.25, 0.3) is 0 Å². The zero-order valence-electron chi connectivity index (χ0n) is 15.1. The Morgan fingerprint density at radius 3 is 2.85 bits per heavy atom. The van der Waals surface area contributed by atoms with Gasteiger partial charge in [0, 0.05) is 23.5 Å². The summed E-state index contributed by atoms with van der Waals surface area (Å²) in [7, 11) is 0. The van der Waals surface area contributed by atoms with Gasteiger partial charge in [0.2, 0.25) is 5.91 Å². The van der Waals surface area contributed by atoms with Crippen molar-refractivity contribution in [2.75, 3.05) is 11.9 Å². The molecule has 0 bridgehead atoms. The lowest BCUT2D eigenvalue weighted by atomic mass is 10.1. The molecule has 0 unspecified atom stereocenters. The third kappa shape index (κ3) is 3.86. The second-order valence-electron chi connectivity index (χ2n) is 6.00. The number of hydrogen-bond donors (Lipinski definition) is 2. The summed E-state index contributed by atoms with van der Waals surface area (Å²) >= 11 is 1.08. The molecular formula is C20H19N3O3S. The summed E-state index contributed by atoms with van der Waals surface area (Å²) in [4.78, 5) is 27.9. The minimum absolute atomic E-state index is 0.201. The van der Waals surface area contributed by atoms with Crippen LogP contribution >= 0.6 is 11.3 Å². The van der Waals surface area contributed by atoms with Crippen molar-refractivity contribution in [3.05, 3.63) is 52.0 Å². The van der Waals surface area contributed by atoms with E-state index in [2.05, 4.69) is 16.4 Å². The third-order valence-corrected chi connectivity index (χ3v) is 5.46. The molecule has 3 rings (SSSR count). The van der Waals surface area contributed by atoms with E-state index in [4.69, 9.17) is 4.74 Å². The number of nitriles is 1. The quantitative estimate of drug-likeness (QED) is 0.627. The van der Waals surface area contributed by atoms with E-state index in [9.17, 15) is 14.9 Å². The van der Waals surface area contributed by atoms with Crippen LogP contribution in [0.15, 0.2) is 30.5 Å². The van der Waals surface area contributed by atoms with Gasteiger partial charge in [-0.15, -0.1) is 11.3 Å². The average molecular weight is 381 g/mol. The van der Waals surface area contributed by atoms with Crippen molar-refractivity contribution in [3.8, 4) is 6.07 Å². The van der Waals surface area contributed by atoms with Crippen LogP contribution in [0.25, 0.3) is 10.9 Å². The van der Waals surface area contributed by atoms with E-state index in [1.807, 2.05) is 30.5 Å². The van der Waals surface area contributed by atoms with Crippen LogP contribution < -0.4 is 5.32 Å². The lowest BCUT2D eigenvalue weighted by Crippen LogP contribution is -2.12. The number of amides is 1.